The van der Waals surface area contributed by atoms with Crippen LogP contribution in [0.1, 0.15) is 69.8 Å². The van der Waals surface area contributed by atoms with Crippen molar-refractivity contribution in [1.82, 2.24) is 0 Å². The Morgan fingerprint density at radius 2 is 1.33 bits per heavy atom. The fourth-order valence-electron chi connectivity index (χ4n) is 4.79. The maximum atomic E-state index is 13.4. The Labute approximate surface area is 141 Å². The van der Waals surface area contributed by atoms with Gasteiger partial charge in [0.25, 0.3) is 0 Å². The fraction of sp³-hybridized carbons (Fsp3) is 0.700. The van der Waals surface area contributed by atoms with Gasteiger partial charge in [0.2, 0.25) is 5.92 Å². The number of hydrogen-bond acceptors (Lipinski definition) is 0. The second-order valence-corrected chi connectivity index (χ2v) is 7.85. The van der Waals surface area contributed by atoms with Crippen LogP contribution in [0.2, 0.25) is 0 Å². The summed E-state index contributed by atoms with van der Waals surface area (Å²) in [6.07, 6.45) is 7.21. The lowest BCUT2D eigenvalue weighted by Crippen LogP contribution is -2.32. The summed E-state index contributed by atoms with van der Waals surface area (Å²) in [4.78, 5) is 0. The third-order valence-electron chi connectivity index (χ3n) is 6.34. The van der Waals surface area contributed by atoms with Crippen molar-refractivity contribution in [2.75, 3.05) is 0 Å². The van der Waals surface area contributed by atoms with Crippen LogP contribution in [-0.2, 0) is 0 Å². The van der Waals surface area contributed by atoms with Gasteiger partial charge >= 0.3 is 0 Å². The Bertz CT molecular complexity index is 547. The highest BCUT2D eigenvalue weighted by atomic mass is 19.3. The first-order valence-electron chi connectivity index (χ1n) is 9.17. The summed E-state index contributed by atoms with van der Waals surface area (Å²) in [6.45, 7) is 1.05. The molecule has 0 amide bonds. The van der Waals surface area contributed by atoms with Gasteiger partial charge in [-0.25, -0.2) is 17.6 Å². The molecule has 2 aliphatic carbocycles. The molecule has 0 spiro atoms. The molecular weight excluding hydrogens is 316 g/mol. The van der Waals surface area contributed by atoms with Crippen molar-refractivity contribution in [2.45, 2.75) is 70.1 Å². The zero-order valence-corrected chi connectivity index (χ0v) is 14.2. The fourth-order valence-corrected chi connectivity index (χ4v) is 4.79. The zero-order valence-electron chi connectivity index (χ0n) is 14.2. The van der Waals surface area contributed by atoms with Crippen LogP contribution in [-0.4, -0.2) is 5.92 Å². The monoisotopic (exact) mass is 342 g/mol. The van der Waals surface area contributed by atoms with Gasteiger partial charge in [-0.2, -0.15) is 0 Å². The van der Waals surface area contributed by atoms with Gasteiger partial charge in [-0.15, -0.1) is 0 Å². The second kappa shape index (κ2) is 7.05. The summed E-state index contributed by atoms with van der Waals surface area (Å²) in [5.41, 5.74) is 0.890. The van der Waals surface area contributed by atoms with Crippen molar-refractivity contribution >= 4 is 0 Å². The van der Waals surface area contributed by atoms with Crippen LogP contribution >= 0.6 is 0 Å². The molecule has 2 aliphatic rings. The van der Waals surface area contributed by atoms with Gasteiger partial charge in [0.05, 0.1) is 0 Å². The first-order chi connectivity index (χ1) is 11.3. The Balaban J connectivity index is 1.51. The van der Waals surface area contributed by atoms with Crippen LogP contribution in [0.3, 0.4) is 0 Å². The highest BCUT2D eigenvalue weighted by molar-refractivity contribution is 5.22. The maximum Gasteiger partial charge on any atom is 0.248 e. The van der Waals surface area contributed by atoms with E-state index in [0.29, 0.717) is 30.6 Å². The summed E-state index contributed by atoms with van der Waals surface area (Å²) >= 11 is 0. The molecule has 1 aromatic carbocycles. The standard InChI is InChI=1S/C20H26F4/c1-20(23,24)17-9-6-14(7-10-17)13-2-4-15(5-3-13)16-8-11-18(21)19(22)12-16/h8,11-15,17H,2-7,9-10H2,1H3. The third-order valence-corrected chi connectivity index (χ3v) is 6.34. The first-order valence-corrected chi connectivity index (χ1v) is 9.17. The van der Waals surface area contributed by atoms with Crippen molar-refractivity contribution in [1.29, 1.82) is 0 Å². The number of hydrogen-bond donors (Lipinski definition) is 0. The summed E-state index contributed by atoms with van der Waals surface area (Å²) < 4.78 is 53.3. The van der Waals surface area contributed by atoms with Crippen LogP contribution in [0.4, 0.5) is 17.6 Å². The van der Waals surface area contributed by atoms with Crippen molar-refractivity contribution in [3.05, 3.63) is 35.4 Å². The smallest absolute Gasteiger partial charge is 0.207 e. The average Bonchev–Trinajstić information content (AvgIpc) is 2.57. The van der Waals surface area contributed by atoms with E-state index in [1.54, 1.807) is 6.07 Å². The van der Waals surface area contributed by atoms with Gasteiger partial charge in [0.1, 0.15) is 0 Å². The summed E-state index contributed by atoms with van der Waals surface area (Å²) in [5, 5.41) is 0. The van der Waals surface area contributed by atoms with E-state index in [9.17, 15) is 17.6 Å². The zero-order chi connectivity index (χ0) is 17.3. The molecule has 0 aliphatic heterocycles. The van der Waals surface area contributed by atoms with Crippen LogP contribution in [0.25, 0.3) is 0 Å². The maximum absolute atomic E-state index is 13.4. The molecule has 0 bridgehead atoms. The predicted molar refractivity (Wildman–Crippen MR) is 87.1 cm³/mol. The normalized spacial score (nSPS) is 31.9. The van der Waals surface area contributed by atoms with Crippen molar-refractivity contribution in [3.63, 3.8) is 0 Å². The minimum atomic E-state index is -2.55. The molecule has 134 valence electrons. The number of alkyl halides is 2. The minimum Gasteiger partial charge on any atom is -0.207 e. The van der Waals surface area contributed by atoms with Gasteiger partial charge < -0.3 is 0 Å². The molecule has 2 fully saturated rings. The lowest BCUT2D eigenvalue weighted by molar-refractivity contribution is -0.0616. The molecule has 0 saturated heterocycles. The highest BCUT2D eigenvalue weighted by Crippen LogP contribution is 2.46. The van der Waals surface area contributed by atoms with Crippen molar-refractivity contribution in [3.8, 4) is 0 Å². The Hall–Kier alpha value is -1.06. The quantitative estimate of drug-likeness (QED) is 0.536. The van der Waals surface area contributed by atoms with E-state index in [1.165, 1.54) is 12.1 Å². The van der Waals surface area contributed by atoms with Crippen molar-refractivity contribution in [2.24, 2.45) is 17.8 Å². The summed E-state index contributed by atoms with van der Waals surface area (Å²) in [7, 11) is 0. The van der Waals surface area contributed by atoms with E-state index in [1.807, 2.05) is 0 Å². The third kappa shape index (κ3) is 3.94. The van der Waals surface area contributed by atoms with Crippen LogP contribution in [0.15, 0.2) is 18.2 Å². The number of rotatable bonds is 3. The molecule has 0 aromatic heterocycles. The predicted octanol–water partition coefficient (Wildman–Crippen LogP) is 6.70. The summed E-state index contributed by atoms with van der Waals surface area (Å²) in [5.74, 6) is -3.09. The van der Waals surface area contributed by atoms with Crippen molar-refractivity contribution < 1.29 is 17.6 Å². The van der Waals surface area contributed by atoms with E-state index in [-0.39, 0.29) is 0 Å². The lowest BCUT2D eigenvalue weighted by Gasteiger charge is -2.39. The van der Waals surface area contributed by atoms with E-state index in [2.05, 4.69) is 0 Å². The van der Waals surface area contributed by atoms with Gasteiger partial charge in [-0.1, -0.05) is 6.07 Å². The molecular formula is C20H26F4. The van der Waals surface area contributed by atoms with Crippen LogP contribution < -0.4 is 0 Å². The van der Waals surface area contributed by atoms with E-state index >= 15 is 0 Å². The Morgan fingerprint density at radius 1 is 0.792 bits per heavy atom. The van der Waals surface area contributed by atoms with Gasteiger partial charge in [-0.3, -0.25) is 0 Å². The lowest BCUT2D eigenvalue weighted by atomic mass is 9.67. The molecule has 4 heteroatoms. The molecule has 0 atom stereocenters. The number of halogens is 4. The topological polar surface area (TPSA) is 0 Å². The largest absolute Gasteiger partial charge is 0.248 e. The van der Waals surface area contributed by atoms with E-state index < -0.39 is 23.5 Å². The molecule has 2 saturated carbocycles. The first kappa shape index (κ1) is 17.8. The van der Waals surface area contributed by atoms with Crippen LogP contribution in [0, 0.1) is 29.4 Å². The summed E-state index contributed by atoms with van der Waals surface area (Å²) in [6, 6.07) is 4.23. The molecule has 24 heavy (non-hydrogen) atoms. The molecule has 1 aromatic rings. The number of benzene rings is 1. The Morgan fingerprint density at radius 3 is 1.83 bits per heavy atom. The SMILES string of the molecule is CC(F)(F)C1CCC(C2CCC(c3ccc(F)c(F)c3)CC2)CC1. The minimum absolute atomic E-state index is 0.299. The van der Waals surface area contributed by atoms with Crippen LogP contribution in [0.5, 0.6) is 0 Å². The molecule has 0 nitrogen and oxygen atoms in total. The molecule has 3 rings (SSSR count). The van der Waals surface area contributed by atoms with Gasteiger partial charge in [-0.05, 0) is 93.7 Å². The van der Waals surface area contributed by atoms with Gasteiger partial charge in [0, 0.05) is 5.92 Å². The Kier molecular flexibility index (Phi) is 5.22. The highest BCUT2D eigenvalue weighted by Gasteiger charge is 2.39. The second-order valence-electron chi connectivity index (χ2n) is 7.85. The van der Waals surface area contributed by atoms with Gasteiger partial charge in [0.15, 0.2) is 11.6 Å². The van der Waals surface area contributed by atoms with E-state index in [4.69, 9.17) is 0 Å². The van der Waals surface area contributed by atoms with E-state index in [0.717, 1.165) is 51.0 Å². The molecule has 0 heterocycles. The average molecular weight is 342 g/mol. The molecule has 0 radical (unpaired) electrons. The molecule has 0 N–H and O–H groups in total. The molecule has 0 unspecified atom stereocenters.